The van der Waals surface area contributed by atoms with Crippen LogP contribution >= 0.6 is 23.2 Å². The van der Waals surface area contributed by atoms with Crippen molar-refractivity contribution in [2.75, 3.05) is 7.11 Å². The van der Waals surface area contributed by atoms with Gasteiger partial charge in [-0.15, -0.1) is 0 Å². The average molecular weight is 381 g/mol. The minimum Gasteiger partial charge on any atom is -0.464 e. The Kier molecular flexibility index (Phi) is 4.74. The van der Waals surface area contributed by atoms with E-state index in [0.717, 1.165) is 16.8 Å². The van der Waals surface area contributed by atoms with Crippen molar-refractivity contribution in [2.24, 2.45) is 0 Å². The fourth-order valence-corrected chi connectivity index (χ4v) is 2.75. The van der Waals surface area contributed by atoms with E-state index in [-0.39, 0.29) is 23.0 Å². The number of halogens is 3. The summed E-state index contributed by atoms with van der Waals surface area (Å²) in [7, 11) is 1.20. The van der Waals surface area contributed by atoms with Gasteiger partial charge in [0.2, 0.25) is 0 Å². The Labute approximate surface area is 151 Å². The van der Waals surface area contributed by atoms with Gasteiger partial charge in [-0.3, -0.25) is 4.79 Å². The smallest absolute Gasteiger partial charge is 0.359 e. The summed E-state index contributed by atoms with van der Waals surface area (Å²) in [6.07, 6.45) is 0. The number of aromatic nitrogens is 2. The van der Waals surface area contributed by atoms with E-state index in [9.17, 15) is 14.0 Å². The topological polar surface area (TPSA) is 61.2 Å². The van der Waals surface area contributed by atoms with Crippen LogP contribution in [0.15, 0.2) is 41.2 Å². The van der Waals surface area contributed by atoms with Crippen LogP contribution in [0.2, 0.25) is 10.0 Å². The van der Waals surface area contributed by atoms with Gasteiger partial charge in [-0.1, -0.05) is 29.3 Å². The third kappa shape index (κ3) is 3.36. The molecule has 0 aliphatic rings. The summed E-state index contributed by atoms with van der Waals surface area (Å²) in [6, 6.07) is 8.40. The predicted octanol–water partition coefficient (Wildman–Crippen LogP) is 3.68. The van der Waals surface area contributed by atoms with E-state index in [1.165, 1.54) is 13.2 Å². The summed E-state index contributed by atoms with van der Waals surface area (Å²) in [5.74, 6) is -1.31. The lowest BCUT2D eigenvalue weighted by Crippen LogP contribution is -2.27. The number of rotatable bonds is 3. The third-order valence-electron chi connectivity index (χ3n) is 3.62. The van der Waals surface area contributed by atoms with Crippen molar-refractivity contribution in [1.29, 1.82) is 0 Å². The molecule has 0 bridgehead atoms. The molecular formula is C17H11Cl2FN2O3. The van der Waals surface area contributed by atoms with E-state index < -0.39 is 17.3 Å². The maximum absolute atomic E-state index is 13.6. The zero-order chi connectivity index (χ0) is 18.1. The van der Waals surface area contributed by atoms with Crippen molar-refractivity contribution < 1.29 is 13.9 Å². The predicted molar refractivity (Wildman–Crippen MR) is 92.9 cm³/mol. The lowest BCUT2D eigenvalue weighted by molar-refractivity contribution is 0.0593. The average Bonchev–Trinajstić information content (AvgIpc) is 2.60. The molecule has 0 unspecified atom stereocenters. The van der Waals surface area contributed by atoms with Crippen molar-refractivity contribution in [3.8, 4) is 0 Å². The van der Waals surface area contributed by atoms with Crippen LogP contribution in [0.5, 0.6) is 0 Å². The zero-order valence-electron chi connectivity index (χ0n) is 12.9. The minimum absolute atomic E-state index is 0.0339. The van der Waals surface area contributed by atoms with E-state index in [2.05, 4.69) is 5.10 Å². The molecule has 0 fully saturated rings. The Morgan fingerprint density at radius 3 is 2.60 bits per heavy atom. The van der Waals surface area contributed by atoms with Crippen LogP contribution in [-0.4, -0.2) is 22.9 Å². The molecule has 0 radical (unpaired) electrons. The molecule has 0 aliphatic carbocycles. The zero-order valence-corrected chi connectivity index (χ0v) is 14.4. The van der Waals surface area contributed by atoms with Gasteiger partial charge in [-0.05, 0) is 35.9 Å². The molecule has 0 saturated heterocycles. The molecule has 0 saturated carbocycles. The van der Waals surface area contributed by atoms with Crippen LogP contribution < -0.4 is 5.56 Å². The number of nitrogens with zero attached hydrogens (tertiary/aromatic N) is 2. The third-order valence-corrected chi connectivity index (χ3v) is 4.36. The first-order chi connectivity index (χ1) is 11.9. The largest absolute Gasteiger partial charge is 0.464 e. The molecule has 8 heteroatoms. The summed E-state index contributed by atoms with van der Waals surface area (Å²) < 4.78 is 19.3. The number of fused-ring (bicyclic) bond motifs is 1. The van der Waals surface area contributed by atoms with Crippen molar-refractivity contribution in [2.45, 2.75) is 6.54 Å². The number of ether oxygens (including phenoxy) is 1. The highest BCUT2D eigenvalue weighted by atomic mass is 35.5. The molecule has 1 aromatic heterocycles. The number of esters is 1. The van der Waals surface area contributed by atoms with Gasteiger partial charge in [0.25, 0.3) is 5.56 Å². The van der Waals surface area contributed by atoms with E-state index >= 15 is 0 Å². The Morgan fingerprint density at radius 1 is 1.16 bits per heavy atom. The lowest BCUT2D eigenvalue weighted by Gasteiger charge is -2.10. The molecule has 128 valence electrons. The normalized spacial score (nSPS) is 10.9. The molecule has 0 spiro atoms. The molecule has 3 rings (SSSR count). The molecule has 1 heterocycles. The summed E-state index contributed by atoms with van der Waals surface area (Å²) in [5.41, 5.74) is 0.0426. The van der Waals surface area contributed by atoms with Gasteiger partial charge in [0.1, 0.15) is 5.82 Å². The van der Waals surface area contributed by atoms with Crippen LogP contribution in [0.4, 0.5) is 4.39 Å². The molecule has 0 aliphatic heterocycles. The van der Waals surface area contributed by atoms with E-state index in [4.69, 9.17) is 27.9 Å². The Bertz CT molecular complexity index is 1050. The molecule has 0 atom stereocenters. The number of methoxy groups -OCH3 is 1. The van der Waals surface area contributed by atoms with E-state index in [1.54, 1.807) is 18.2 Å². The Morgan fingerprint density at radius 2 is 1.92 bits per heavy atom. The highest BCUT2D eigenvalue weighted by Gasteiger charge is 2.18. The van der Waals surface area contributed by atoms with Crippen molar-refractivity contribution in [3.05, 3.63) is 73.9 Å². The Hall–Kier alpha value is -2.44. The second kappa shape index (κ2) is 6.82. The number of carbonyl (C=O) groups excluding carboxylic acids is 1. The minimum atomic E-state index is -0.723. The number of hydrogen-bond acceptors (Lipinski definition) is 4. The van der Waals surface area contributed by atoms with Crippen molar-refractivity contribution >= 4 is 39.9 Å². The van der Waals surface area contributed by atoms with Crippen LogP contribution in [-0.2, 0) is 11.3 Å². The van der Waals surface area contributed by atoms with Crippen LogP contribution in [0.1, 0.15) is 16.1 Å². The first-order valence-corrected chi connectivity index (χ1v) is 7.89. The van der Waals surface area contributed by atoms with Gasteiger partial charge < -0.3 is 4.74 Å². The second-order valence-corrected chi connectivity index (χ2v) is 6.06. The highest BCUT2D eigenvalue weighted by molar-refractivity contribution is 6.42. The van der Waals surface area contributed by atoms with Crippen LogP contribution in [0, 0.1) is 5.82 Å². The second-order valence-electron chi connectivity index (χ2n) is 5.24. The van der Waals surface area contributed by atoms with Gasteiger partial charge in [-0.25, -0.2) is 13.9 Å². The fraction of sp³-hybridized carbons (Fsp3) is 0.118. The van der Waals surface area contributed by atoms with Gasteiger partial charge in [-0.2, -0.15) is 5.10 Å². The molecule has 25 heavy (non-hydrogen) atoms. The van der Waals surface area contributed by atoms with Gasteiger partial charge in [0, 0.05) is 5.39 Å². The maximum atomic E-state index is 13.6. The van der Waals surface area contributed by atoms with E-state index in [1.807, 2.05) is 0 Å². The first kappa shape index (κ1) is 17.4. The number of benzene rings is 2. The summed E-state index contributed by atoms with van der Waals surface area (Å²) in [4.78, 5) is 24.6. The Balaban J connectivity index is 2.20. The summed E-state index contributed by atoms with van der Waals surface area (Å²) in [6.45, 7) is 0.0339. The fourth-order valence-electron chi connectivity index (χ4n) is 2.42. The van der Waals surface area contributed by atoms with Crippen LogP contribution in [0.3, 0.4) is 0 Å². The standard InChI is InChI=1S/C17H11Cl2FN2O3/c1-25-17(24)15-11-4-3-10(20)7-12(11)16(23)22(21-15)8-9-2-5-13(18)14(19)6-9/h2-7H,8H2,1H3. The maximum Gasteiger partial charge on any atom is 0.359 e. The highest BCUT2D eigenvalue weighted by Crippen LogP contribution is 2.23. The monoisotopic (exact) mass is 380 g/mol. The van der Waals surface area contributed by atoms with Crippen LogP contribution in [0.25, 0.3) is 10.8 Å². The molecule has 0 N–H and O–H groups in total. The molecule has 3 aromatic rings. The molecule has 2 aromatic carbocycles. The molecule has 5 nitrogen and oxygen atoms in total. The number of hydrogen-bond donors (Lipinski definition) is 0. The van der Waals surface area contributed by atoms with Gasteiger partial charge >= 0.3 is 5.97 Å². The van der Waals surface area contributed by atoms with Crippen molar-refractivity contribution in [3.63, 3.8) is 0 Å². The lowest BCUT2D eigenvalue weighted by atomic mass is 10.1. The summed E-state index contributed by atoms with van der Waals surface area (Å²) in [5, 5.41) is 5.04. The SMILES string of the molecule is COC(=O)c1nn(Cc2ccc(Cl)c(Cl)c2)c(=O)c2cc(F)ccc12. The summed E-state index contributed by atoms with van der Waals surface area (Å²) >= 11 is 11.9. The van der Waals surface area contributed by atoms with E-state index in [0.29, 0.717) is 15.6 Å². The quantitative estimate of drug-likeness (QED) is 0.650. The van der Waals surface area contributed by atoms with Gasteiger partial charge in [0.15, 0.2) is 5.69 Å². The number of carbonyl (C=O) groups is 1. The van der Waals surface area contributed by atoms with Crippen molar-refractivity contribution in [1.82, 2.24) is 9.78 Å². The first-order valence-electron chi connectivity index (χ1n) is 7.13. The molecular weight excluding hydrogens is 370 g/mol. The van der Waals surface area contributed by atoms with Gasteiger partial charge in [0.05, 0.1) is 29.1 Å². The molecule has 0 amide bonds.